The average Bonchev–Trinajstić information content (AvgIpc) is 2.82. The van der Waals surface area contributed by atoms with Crippen LogP contribution in [0.15, 0.2) is 66.2 Å². The van der Waals surface area contributed by atoms with Gasteiger partial charge in [-0.25, -0.2) is 9.69 Å². The predicted molar refractivity (Wildman–Crippen MR) is 134 cm³/mol. The molecule has 0 bridgehead atoms. The van der Waals surface area contributed by atoms with Gasteiger partial charge >= 0.3 is 6.03 Å². The van der Waals surface area contributed by atoms with Gasteiger partial charge in [0.05, 0.1) is 12.8 Å². The summed E-state index contributed by atoms with van der Waals surface area (Å²) in [5.74, 6) is -0.583. The molecule has 1 heterocycles. The van der Waals surface area contributed by atoms with Gasteiger partial charge in [-0.2, -0.15) is 0 Å². The number of benzene rings is 3. The second kappa shape index (κ2) is 10.0. The first-order valence-electron chi connectivity index (χ1n) is 10.8. The quantitative estimate of drug-likeness (QED) is 0.378. The van der Waals surface area contributed by atoms with E-state index in [1.807, 2.05) is 19.1 Å². The van der Waals surface area contributed by atoms with Crippen LogP contribution in [0.5, 0.6) is 11.5 Å². The maximum atomic E-state index is 13.1. The molecule has 3 aromatic rings. The van der Waals surface area contributed by atoms with Gasteiger partial charge in [-0.05, 0) is 72.5 Å². The number of methoxy groups -OCH3 is 1. The molecule has 35 heavy (non-hydrogen) atoms. The van der Waals surface area contributed by atoms with E-state index in [0.29, 0.717) is 28.7 Å². The second-order valence-corrected chi connectivity index (χ2v) is 8.49. The van der Waals surface area contributed by atoms with Gasteiger partial charge in [-0.15, -0.1) is 0 Å². The molecule has 1 saturated heterocycles. The molecule has 0 saturated carbocycles. The number of carbonyl (C=O) groups excluding carboxylic acids is 3. The summed E-state index contributed by atoms with van der Waals surface area (Å²) in [5, 5.41) is 2.55. The summed E-state index contributed by atoms with van der Waals surface area (Å²) in [4.78, 5) is 38.8. The van der Waals surface area contributed by atoms with Crippen LogP contribution in [0, 0.1) is 13.8 Å². The largest absolute Gasteiger partial charge is 0.493 e. The number of anilines is 1. The zero-order valence-corrected chi connectivity index (χ0v) is 20.2. The van der Waals surface area contributed by atoms with E-state index in [9.17, 15) is 14.4 Å². The molecule has 0 spiro atoms. The molecular weight excluding hydrogens is 468 g/mol. The third kappa shape index (κ3) is 5.20. The first kappa shape index (κ1) is 24.0. The Balaban J connectivity index is 1.59. The van der Waals surface area contributed by atoms with Gasteiger partial charge in [0, 0.05) is 5.02 Å². The van der Waals surface area contributed by atoms with Crippen molar-refractivity contribution >= 4 is 41.2 Å². The minimum atomic E-state index is -0.841. The van der Waals surface area contributed by atoms with Crippen molar-refractivity contribution in [3.63, 3.8) is 0 Å². The summed E-state index contributed by atoms with van der Waals surface area (Å²) >= 11 is 6.00. The number of ether oxygens (including phenoxy) is 2. The highest BCUT2D eigenvalue weighted by atomic mass is 35.5. The van der Waals surface area contributed by atoms with E-state index in [1.165, 1.54) is 30.4 Å². The third-order valence-corrected chi connectivity index (χ3v) is 5.87. The van der Waals surface area contributed by atoms with Gasteiger partial charge in [-0.3, -0.25) is 14.9 Å². The number of nitrogens with one attached hydrogen (secondary N) is 1. The lowest BCUT2D eigenvalue weighted by Crippen LogP contribution is -2.54. The number of hydrogen-bond acceptors (Lipinski definition) is 5. The number of carbonyl (C=O) groups is 3. The molecule has 1 N–H and O–H groups in total. The molecule has 8 heteroatoms. The van der Waals surface area contributed by atoms with E-state index in [4.69, 9.17) is 21.1 Å². The fourth-order valence-electron chi connectivity index (χ4n) is 3.62. The van der Waals surface area contributed by atoms with Crippen LogP contribution in [-0.4, -0.2) is 25.0 Å². The lowest BCUT2D eigenvalue weighted by Gasteiger charge is -2.26. The Hall–Kier alpha value is -4.10. The molecule has 3 aromatic carbocycles. The average molecular weight is 491 g/mol. The molecule has 178 valence electrons. The Morgan fingerprint density at radius 2 is 1.74 bits per heavy atom. The Morgan fingerprint density at radius 3 is 2.46 bits per heavy atom. The maximum absolute atomic E-state index is 13.1. The molecule has 1 aliphatic rings. The van der Waals surface area contributed by atoms with Crippen LogP contribution in [-0.2, 0) is 16.2 Å². The number of nitrogens with zero attached hydrogens (tertiary/aromatic N) is 1. The van der Waals surface area contributed by atoms with Crippen LogP contribution >= 0.6 is 11.6 Å². The van der Waals surface area contributed by atoms with Gasteiger partial charge in [-0.1, -0.05) is 41.9 Å². The summed E-state index contributed by atoms with van der Waals surface area (Å²) in [6.45, 7) is 4.46. The van der Waals surface area contributed by atoms with Crippen molar-refractivity contribution in [2.45, 2.75) is 20.5 Å². The summed E-state index contributed by atoms with van der Waals surface area (Å²) < 4.78 is 11.4. The monoisotopic (exact) mass is 490 g/mol. The second-order valence-electron chi connectivity index (χ2n) is 8.06. The first-order valence-corrected chi connectivity index (χ1v) is 11.2. The molecule has 0 radical (unpaired) electrons. The number of rotatable bonds is 6. The summed E-state index contributed by atoms with van der Waals surface area (Å²) in [6, 6.07) is 16.6. The molecule has 1 aliphatic heterocycles. The molecule has 0 aromatic heterocycles. The molecular formula is C27H23ClN2O5. The maximum Gasteiger partial charge on any atom is 0.335 e. The third-order valence-electron chi connectivity index (χ3n) is 5.63. The number of urea groups is 1. The van der Waals surface area contributed by atoms with Crippen LogP contribution < -0.4 is 19.7 Å². The van der Waals surface area contributed by atoms with Crippen LogP contribution in [0.3, 0.4) is 0 Å². The topological polar surface area (TPSA) is 84.9 Å². The van der Waals surface area contributed by atoms with Crippen LogP contribution in [0.25, 0.3) is 6.08 Å². The van der Waals surface area contributed by atoms with Crippen LogP contribution in [0.1, 0.15) is 22.3 Å². The Bertz CT molecular complexity index is 1370. The van der Waals surface area contributed by atoms with Gasteiger partial charge < -0.3 is 9.47 Å². The minimum absolute atomic E-state index is 0.199. The van der Waals surface area contributed by atoms with Crippen molar-refractivity contribution < 1.29 is 23.9 Å². The standard InChI is InChI=1S/C27H23ClN2O5/c1-16-7-8-19(11-17(16)2)15-35-23-10-9-18(13-24(23)34-3)12-22-25(31)29-27(33)30(26(22)32)21-6-4-5-20(28)14-21/h4-14H,15H2,1-3H3,(H,29,31,33)/b22-12+. The Labute approximate surface area is 207 Å². The predicted octanol–water partition coefficient (Wildman–Crippen LogP) is 5.21. The van der Waals surface area contributed by atoms with E-state index >= 15 is 0 Å². The van der Waals surface area contributed by atoms with Crippen molar-refractivity contribution in [2.24, 2.45) is 0 Å². The van der Waals surface area contributed by atoms with Gasteiger partial charge in [0.15, 0.2) is 11.5 Å². The molecule has 1 fully saturated rings. The fourth-order valence-corrected chi connectivity index (χ4v) is 3.81. The van der Waals surface area contributed by atoms with Crippen LogP contribution in [0.4, 0.5) is 10.5 Å². The summed E-state index contributed by atoms with van der Waals surface area (Å²) in [5.41, 5.74) is 4.00. The van der Waals surface area contributed by atoms with Crippen molar-refractivity contribution in [1.82, 2.24) is 5.32 Å². The van der Waals surface area contributed by atoms with Crippen molar-refractivity contribution in [3.05, 3.63) is 93.5 Å². The zero-order valence-electron chi connectivity index (χ0n) is 19.4. The summed E-state index contributed by atoms with van der Waals surface area (Å²) in [6.07, 6.45) is 1.40. The molecule has 7 nitrogen and oxygen atoms in total. The SMILES string of the molecule is COc1cc(/C=C2\C(=O)NC(=O)N(c3cccc(Cl)c3)C2=O)ccc1OCc1ccc(C)c(C)c1. The van der Waals surface area contributed by atoms with E-state index in [-0.39, 0.29) is 11.3 Å². The number of hydrogen-bond donors (Lipinski definition) is 1. The van der Waals surface area contributed by atoms with E-state index in [0.717, 1.165) is 10.5 Å². The van der Waals surface area contributed by atoms with E-state index in [1.54, 1.807) is 36.4 Å². The highest BCUT2D eigenvalue weighted by Crippen LogP contribution is 2.31. The van der Waals surface area contributed by atoms with E-state index < -0.39 is 17.8 Å². The van der Waals surface area contributed by atoms with Crippen molar-refractivity contribution in [2.75, 3.05) is 12.0 Å². The van der Waals surface area contributed by atoms with Gasteiger partial charge in [0.1, 0.15) is 12.2 Å². The number of aryl methyl sites for hydroxylation is 2. The number of imide groups is 2. The van der Waals surface area contributed by atoms with Crippen molar-refractivity contribution in [1.29, 1.82) is 0 Å². The molecule has 4 amide bonds. The molecule has 0 aliphatic carbocycles. The lowest BCUT2D eigenvalue weighted by molar-refractivity contribution is -0.122. The highest BCUT2D eigenvalue weighted by molar-refractivity contribution is 6.39. The summed E-state index contributed by atoms with van der Waals surface area (Å²) in [7, 11) is 1.51. The minimum Gasteiger partial charge on any atom is -0.493 e. The molecule has 4 rings (SSSR count). The normalized spacial score (nSPS) is 14.8. The molecule has 0 unspecified atom stereocenters. The Kier molecular flexibility index (Phi) is 6.89. The van der Waals surface area contributed by atoms with Gasteiger partial charge in [0.25, 0.3) is 11.8 Å². The highest BCUT2D eigenvalue weighted by Gasteiger charge is 2.36. The number of barbiturate groups is 1. The number of amides is 4. The van der Waals surface area contributed by atoms with E-state index in [2.05, 4.69) is 18.3 Å². The number of halogens is 1. The smallest absolute Gasteiger partial charge is 0.335 e. The fraction of sp³-hybridized carbons (Fsp3) is 0.148. The van der Waals surface area contributed by atoms with Gasteiger partial charge in [0.2, 0.25) is 0 Å². The van der Waals surface area contributed by atoms with Crippen molar-refractivity contribution in [3.8, 4) is 11.5 Å². The van der Waals surface area contributed by atoms with Crippen LogP contribution in [0.2, 0.25) is 5.02 Å². The lowest BCUT2D eigenvalue weighted by atomic mass is 10.1. The Morgan fingerprint density at radius 1 is 0.943 bits per heavy atom. The first-order chi connectivity index (χ1) is 16.8. The zero-order chi connectivity index (χ0) is 25.1. The molecule has 0 atom stereocenters.